The van der Waals surface area contributed by atoms with Gasteiger partial charge in [0.05, 0.1) is 4.90 Å². The highest BCUT2D eigenvalue weighted by atomic mass is 32.2. The maximum absolute atomic E-state index is 13.3. The van der Waals surface area contributed by atoms with Crippen molar-refractivity contribution < 1.29 is 30.8 Å². The third-order valence-corrected chi connectivity index (χ3v) is 6.82. The fraction of sp³-hybridized carbons (Fsp3) is 0.300. The van der Waals surface area contributed by atoms with Gasteiger partial charge in [0.15, 0.2) is 5.82 Å². The molecule has 0 saturated carbocycles. The van der Waals surface area contributed by atoms with Crippen molar-refractivity contribution in [3.63, 3.8) is 0 Å². The van der Waals surface area contributed by atoms with Gasteiger partial charge in [-0.1, -0.05) is 17.3 Å². The molecule has 0 spiro atoms. The zero-order chi connectivity index (χ0) is 22.7. The van der Waals surface area contributed by atoms with Gasteiger partial charge in [0, 0.05) is 32.6 Å². The first kappa shape index (κ1) is 22.1. The molecule has 3 aromatic rings. The molecule has 0 amide bonds. The molecule has 0 radical (unpaired) electrons. The van der Waals surface area contributed by atoms with E-state index in [-0.39, 0.29) is 35.6 Å². The van der Waals surface area contributed by atoms with Gasteiger partial charge < -0.3 is 14.2 Å². The predicted molar refractivity (Wildman–Crippen MR) is 108 cm³/mol. The van der Waals surface area contributed by atoms with Crippen LogP contribution in [0.15, 0.2) is 57.9 Å². The molecule has 0 atom stereocenters. The molecule has 1 saturated heterocycles. The number of benzene rings is 2. The maximum Gasteiger partial charge on any atom is 0.387 e. The Morgan fingerprint density at radius 1 is 1.06 bits per heavy atom. The van der Waals surface area contributed by atoms with Gasteiger partial charge >= 0.3 is 12.6 Å². The van der Waals surface area contributed by atoms with Gasteiger partial charge in [-0.25, -0.2) is 12.8 Å². The van der Waals surface area contributed by atoms with Crippen LogP contribution >= 0.6 is 0 Å². The van der Waals surface area contributed by atoms with Gasteiger partial charge in [0.2, 0.25) is 10.0 Å². The van der Waals surface area contributed by atoms with Crippen LogP contribution in [0, 0.1) is 5.82 Å². The molecular weight excluding hydrogens is 449 g/mol. The Bertz CT molecular complexity index is 1160. The Morgan fingerprint density at radius 2 is 1.78 bits per heavy atom. The maximum atomic E-state index is 13.3. The molecule has 2 heterocycles. The van der Waals surface area contributed by atoms with Gasteiger partial charge in [-0.05, 0) is 42.0 Å². The van der Waals surface area contributed by atoms with Gasteiger partial charge in [-0.2, -0.15) is 18.1 Å². The van der Waals surface area contributed by atoms with E-state index in [9.17, 15) is 21.6 Å². The Balaban J connectivity index is 1.37. The minimum absolute atomic E-state index is 0.0114. The lowest BCUT2D eigenvalue weighted by Crippen LogP contribution is -2.48. The largest absolute Gasteiger partial charge is 0.435 e. The SMILES string of the molecule is O=S(=O)(c1ccc(OC(F)F)cc1)N1CCN(c2nc(Cc3cccc(F)c3)no2)CC1. The van der Waals surface area contributed by atoms with E-state index in [1.165, 1.54) is 40.7 Å². The molecule has 1 fully saturated rings. The van der Waals surface area contributed by atoms with Crippen molar-refractivity contribution in [2.75, 3.05) is 31.1 Å². The molecule has 1 aliphatic heterocycles. The van der Waals surface area contributed by atoms with Crippen LogP contribution in [0.3, 0.4) is 0 Å². The highest BCUT2D eigenvalue weighted by molar-refractivity contribution is 7.89. The van der Waals surface area contributed by atoms with Crippen LogP contribution in [-0.4, -0.2) is 55.7 Å². The number of alkyl halides is 2. The van der Waals surface area contributed by atoms with Gasteiger partial charge in [-0.15, -0.1) is 0 Å². The van der Waals surface area contributed by atoms with E-state index in [4.69, 9.17) is 4.52 Å². The third kappa shape index (κ3) is 5.02. The standard InChI is InChI=1S/C20H19F3N4O4S/c21-15-3-1-2-14(12-15)13-18-24-20(31-25-18)26-8-10-27(11-9-26)32(28,29)17-6-4-16(5-7-17)30-19(22)23/h1-7,12,19H,8-11,13H2. The minimum atomic E-state index is -3.79. The monoisotopic (exact) mass is 468 g/mol. The van der Waals surface area contributed by atoms with Crippen LogP contribution in [0.2, 0.25) is 0 Å². The third-order valence-electron chi connectivity index (χ3n) is 4.90. The summed E-state index contributed by atoms with van der Waals surface area (Å²) in [5, 5.41) is 3.91. The van der Waals surface area contributed by atoms with Gasteiger partial charge in [0.25, 0.3) is 0 Å². The van der Waals surface area contributed by atoms with Crippen molar-refractivity contribution in [2.24, 2.45) is 0 Å². The fourth-order valence-corrected chi connectivity index (χ4v) is 4.76. The van der Waals surface area contributed by atoms with Gasteiger partial charge in [0.1, 0.15) is 11.6 Å². The van der Waals surface area contributed by atoms with Crippen LogP contribution in [0.1, 0.15) is 11.4 Å². The van der Waals surface area contributed by atoms with Crippen LogP contribution in [-0.2, 0) is 16.4 Å². The first-order valence-electron chi connectivity index (χ1n) is 9.68. The molecular formula is C20H19F3N4O4S. The topological polar surface area (TPSA) is 88.8 Å². The molecule has 32 heavy (non-hydrogen) atoms. The van der Waals surface area contributed by atoms with E-state index in [1.54, 1.807) is 17.0 Å². The fourth-order valence-electron chi connectivity index (χ4n) is 3.34. The second-order valence-electron chi connectivity index (χ2n) is 7.04. The van der Waals surface area contributed by atoms with E-state index >= 15 is 0 Å². The average Bonchev–Trinajstić information content (AvgIpc) is 3.22. The number of aromatic nitrogens is 2. The number of halogens is 3. The smallest absolute Gasteiger partial charge is 0.387 e. The second kappa shape index (κ2) is 9.17. The molecule has 1 aliphatic rings. The van der Waals surface area contributed by atoms with Crippen molar-refractivity contribution in [3.05, 3.63) is 65.7 Å². The highest BCUT2D eigenvalue weighted by Gasteiger charge is 2.30. The molecule has 2 aromatic carbocycles. The molecule has 170 valence electrons. The average molecular weight is 468 g/mol. The number of piperazine rings is 1. The lowest BCUT2D eigenvalue weighted by Gasteiger charge is -2.32. The Morgan fingerprint density at radius 3 is 2.44 bits per heavy atom. The predicted octanol–water partition coefficient (Wildman–Crippen LogP) is 2.91. The zero-order valence-corrected chi connectivity index (χ0v) is 17.5. The number of hydrogen-bond acceptors (Lipinski definition) is 7. The summed E-state index contributed by atoms with van der Waals surface area (Å²) in [7, 11) is -3.79. The quantitative estimate of drug-likeness (QED) is 0.527. The first-order valence-corrected chi connectivity index (χ1v) is 11.1. The molecule has 0 aliphatic carbocycles. The molecule has 4 rings (SSSR count). The summed E-state index contributed by atoms with van der Waals surface area (Å²) in [6.07, 6.45) is 0.306. The summed E-state index contributed by atoms with van der Waals surface area (Å²) in [4.78, 5) is 6.08. The summed E-state index contributed by atoms with van der Waals surface area (Å²) in [6.45, 7) is -1.97. The number of rotatable bonds is 7. The molecule has 1 aromatic heterocycles. The lowest BCUT2D eigenvalue weighted by atomic mass is 10.1. The van der Waals surface area contributed by atoms with Crippen molar-refractivity contribution in [1.82, 2.24) is 14.4 Å². The van der Waals surface area contributed by atoms with Crippen LogP contribution in [0.5, 0.6) is 5.75 Å². The first-order chi connectivity index (χ1) is 15.3. The Kier molecular flexibility index (Phi) is 6.33. The number of sulfonamides is 1. The van der Waals surface area contributed by atoms with Gasteiger partial charge in [-0.3, -0.25) is 0 Å². The van der Waals surface area contributed by atoms with E-state index in [0.29, 0.717) is 30.9 Å². The normalized spacial score (nSPS) is 15.3. The number of nitrogens with zero attached hydrogens (tertiary/aromatic N) is 4. The van der Waals surface area contributed by atoms with Crippen LogP contribution < -0.4 is 9.64 Å². The molecule has 0 unspecified atom stereocenters. The Labute approximate surface area is 182 Å². The number of anilines is 1. The second-order valence-corrected chi connectivity index (χ2v) is 8.98. The van der Waals surface area contributed by atoms with Crippen molar-refractivity contribution in [3.8, 4) is 5.75 Å². The number of ether oxygens (including phenoxy) is 1. The Hall–Kier alpha value is -3.12. The van der Waals surface area contributed by atoms with Crippen LogP contribution in [0.25, 0.3) is 0 Å². The molecule has 8 nitrogen and oxygen atoms in total. The number of hydrogen-bond donors (Lipinski definition) is 0. The lowest BCUT2D eigenvalue weighted by molar-refractivity contribution is -0.0498. The minimum Gasteiger partial charge on any atom is -0.435 e. The van der Waals surface area contributed by atoms with Crippen molar-refractivity contribution in [2.45, 2.75) is 17.9 Å². The summed E-state index contributed by atoms with van der Waals surface area (Å²) >= 11 is 0. The molecule has 0 N–H and O–H groups in total. The summed E-state index contributed by atoms with van der Waals surface area (Å²) in [5.74, 6) is -0.0688. The summed E-state index contributed by atoms with van der Waals surface area (Å²) in [5.41, 5.74) is 0.707. The zero-order valence-electron chi connectivity index (χ0n) is 16.7. The summed E-state index contributed by atoms with van der Waals surface area (Å²) < 4.78 is 74.4. The highest BCUT2D eigenvalue weighted by Crippen LogP contribution is 2.23. The van der Waals surface area contributed by atoms with Crippen molar-refractivity contribution in [1.29, 1.82) is 0 Å². The van der Waals surface area contributed by atoms with Crippen LogP contribution in [0.4, 0.5) is 19.2 Å². The summed E-state index contributed by atoms with van der Waals surface area (Å²) in [6, 6.07) is 11.2. The van der Waals surface area contributed by atoms with E-state index < -0.39 is 16.6 Å². The van der Waals surface area contributed by atoms with E-state index in [0.717, 1.165) is 0 Å². The van der Waals surface area contributed by atoms with E-state index in [2.05, 4.69) is 14.9 Å². The van der Waals surface area contributed by atoms with E-state index in [1.807, 2.05) is 0 Å². The molecule has 12 heteroatoms. The van der Waals surface area contributed by atoms with Crippen molar-refractivity contribution >= 4 is 16.0 Å². The molecule has 0 bridgehead atoms.